The molecular formula is C20H23N3O3S. The molecule has 1 amide bonds. The van der Waals surface area contributed by atoms with Crippen molar-refractivity contribution in [2.45, 2.75) is 31.1 Å². The molecule has 1 aliphatic rings. The molecular weight excluding hydrogens is 362 g/mol. The second-order valence-corrected chi connectivity index (χ2v) is 9.19. The maximum atomic E-state index is 12.4. The average molecular weight is 385 g/mol. The minimum atomic E-state index is -3.70. The predicted molar refractivity (Wildman–Crippen MR) is 107 cm³/mol. The Morgan fingerprint density at radius 1 is 1.07 bits per heavy atom. The third-order valence-corrected chi connectivity index (χ3v) is 5.71. The van der Waals surface area contributed by atoms with Gasteiger partial charge >= 0.3 is 0 Å². The lowest BCUT2D eigenvalue weighted by Crippen LogP contribution is -2.34. The van der Waals surface area contributed by atoms with Crippen LogP contribution in [0.25, 0.3) is 0 Å². The Bertz CT molecular complexity index is 1000. The zero-order valence-corrected chi connectivity index (χ0v) is 16.7. The average Bonchev–Trinajstić information content (AvgIpc) is 2.86. The first kappa shape index (κ1) is 19.1. The second kappa shape index (κ2) is 6.81. The molecule has 0 aliphatic carbocycles. The molecule has 142 valence electrons. The van der Waals surface area contributed by atoms with Crippen LogP contribution in [0.1, 0.15) is 31.9 Å². The van der Waals surface area contributed by atoms with Crippen LogP contribution in [0.3, 0.4) is 0 Å². The van der Waals surface area contributed by atoms with Gasteiger partial charge in [-0.05, 0) is 35.2 Å². The summed E-state index contributed by atoms with van der Waals surface area (Å²) in [5.41, 5.74) is 2.44. The van der Waals surface area contributed by atoms with E-state index in [1.54, 1.807) is 30.1 Å². The van der Waals surface area contributed by atoms with E-state index in [1.807, 2.05) is 24.3 Å². The van der Waals surface area contributed by atoms with Gasteiger partial charge in [-0.15, -0.1) is 4.40 Å². The number of rotatable bonds is 3. The number of benzene rings is 2. The van der Waals surface area contributed by atoms with Crippen LogP contribution in [-0.4, -0.2) is 38.7 Å². The SMILES string of the molecule is CN(CC(=O)Nc1ccc(C(C)(C)C)cc1)C1=NS(=O)(=O)c2ccccc21. The van der Waals surface area contributed by atoms with E-state index in [1.165, 1.54) is 11.6 Å². The van der Waals surface area contributed by atoms with Crippen molar-refractivity contribution in [2.24, 2.45) is 4.40 Å². The van der Waals surface area contributed by atoms with E-state index < -0.39 is 10.0 Å². The first-order chi connectivity index (χ1) is 12.6. The van der Waals surface area contributed by atoms with Crippen molar-refractivity contribution in [1.29, 1.82) is 0 Å². The van der Waals surface area contributed by atoms with Gasteiger partial charge in [0, 0.05) is 18.3 Å². The molecule has 0 spiro atoms. The number of sulfonamides is 1. The van der Waals surface area contributed by atoms with Crippen LogP contribution in [0.4, 0.5) is 5.69 Å². The summed E-state index contributed by atoms with van der Waals surface area (Å²) < 4.78 is 28.1. The number of amidine groups is 1. The van der Waals surface area contributed by atoms with Gasteiger partial charge in [-0.2, -0.15) is 8.42 Å². The topological polar surface area (TPSA) is 78.8 Å². The van der Waals surface area contributed by atoms with Gasteiger partial charge in [0.05, 0.1) is 6.54 Å². The number of nitrogens with one attached hydrogen (secondary N) is 1. The molecule has 2 aromatic carbocycles. The molecule has 0 bridgehead atoms. The number of likely N-dealkylation sites (N-methyl/N-ethyl adjacent to an activating group) is 1. The van der Waals surface area contributed by atoms with Gasteiger partial charge in [0.15, 0.2) is 5.84 Å². The number of carbonyl (C=O) groups is 1. The molecule has 1 heterocycles. The summed E-state index contributed by atoms with van der Waals surface area (Å²) in [6, 6.07) is 14.3. The first-order valence-corrected chi connectivity index (χ1v) is 10.1. The Labute approximate surface area is 160 Å². The lowest BCUT2D eigenvalue weighted by atomic mass is 9.87. The zero-order valence-electron chi connectivity index (χ0n) is 15.9. The minimum absolute atomic E-state index is 0.0102. The Hall–Kier alpha value is -2.67. The van der Waals surface area contributed by atoms with Crippen LogP contribution >= 0.6 is 0 Å². The predicted octanol–water partition coefficient (Wildman–Crippen LogP) is 3.00. The fraction of sp³-hybridized carbons (Fsp3) is 0.300. The minimum Gasteiger partial charge on any atom is -0.349 e. The first-order valence-electron chi connectivity index (χ1n) is 8.64. The molecule has 0 saturated carbocycles. The molecule has 0 aromatic heterocycles. The van der Waals surface area contributed by atoms with Gasteiger partial charge < -0.3 is 10.2 Å². The Balaban J connectivity index is 1.70. The molecule has 3 rings (SSSR count). The van der Waals surface area contributed by atoms with Crippen molar-refractivity contribution in [1.82, 2.24) is 4.90 Å². The lowest BCUT2D eigenvalue weighted by Gasteiger charge is -2.20. The van der Waals surface area contributed by atoms with E-state index in [0.29, 0.717) is 11.3 Å². The Morgan fingerprint density at radius 3 is 2.33 bits per heavy atom. The molecule has 0 unspecified atom stereocenters. The van der Waals surface area contributed by atoms with E-state index in [4.69, 9.17) is 0 Å². The molecule has 1 aliphatic heterocycles. The van der Waals surface area contributed by atoms with Crippen molar-refractivity contribution < 1.29 is 13.2 Å². The van der Waals surface area contributed by atoms with Crippen molar-refractivity contribution in [3.8, 4) is 0 Å². The summed E-state index contributed by atoms with van der Waals surface area (Å²) in [4.78, 5) is 14.1. The van der Waals surface area contributed by atoms with Crippen LogP contribution in [0.2, 0.25) is 0 Å². The molecule has 2 aromatic rings. The van der Waals surface area contributed by atoms with Crippen molar-refractivity contribution in [3.63, 3.8) is 0 Å². The largest absolute Gasteiger partial charge is 0.349 e. The zero-order chi connectivity index (χ0) is 19.8. The fourth-order valence-electron chi connectivity index (χ4n) is 2.91. The number of nitrogens with zero attached hydrogens (tertiary/aromatic N) is 2. The molecule has 0 fully saturated rings. The number of carbonyl (C=O) groups excluding carboxylic acids is 1. The molecule has 27 heavy (non-hydrogen) atoms. The number of fused-ring (bicyclic) bond motifs is 1. The quantitative estimate of drug-likeness (QED) is 0.881. The molecule has 0 saturated heterocycles. The Kier molecular flexibility index (Phi) is 4.82. The molecule has 6 nitrogen and oxygen atoms in total. The van der Waals surface area contributed by atoms with Crippen LogP contribution in [0.5, 0.6) is 0 Å². The highest BCUT2D eigenvalue weighted by Gasteiger charge is 2.30. The van der Waals surface area contributed by atoms with Gasteiger partial charge in [0.25, 0.3) is 10.0 Å². The highest BCUT2D eigenvalue weighted by molar-refractivity contribution is 7.90. The van der Waals surface area contributed by atoms with Gasteiger partial charge in [-0.1, -0.05) is 45.0 Å². The summed E-state index contributed by atoms with van der Waals surface area (Å²) in [5, 5.41) is 2.83. The number of hydrogen-bond acceptors (Lipinski definition) is 4. The van der Waals surface area contributed by atoms with E-state index in [2.05, 4.69) is 30.5 Å². The van der Waals surface area contributed by atoms with E-state index >= 15 is 0 Å². The van der Waals surface area contributed by atoms with Gasteiger partial charge in [-0.25, -0.2) is 0 Å². The van der Waals surface area contributed by atoms with Crippen LogP contribution < -0.4 is 5.32 Å². The summed E-state index contributed by atoms with van der Waals surface area (Å²) >= 11 is 0. The van der Waals surface area contributed by atoms with E-state index in [-0.39, 0.29) is 28.6 Å². The Morgan fingerprint density at radius 2 is 1.70 bits per heavy atom. The molecule has 1 N–H and O–H groups in total. The standard InChI is InChI=1S/C20H23N3O3S/c1-20(2,3)14-9-11-15(12-10-14)21-18(24)13-23(4)19-16-7-5-6-8-17(16)27(25,26)22-19/h5-12H,13H2,1-4H3,(H,21,24). The van der Waals surface area contributed by atoms with Crippen LogP contribution in [0, 0.1) is 0 Å². The summed E-state index contributed by atoms with van der Waals surface area (Å²) in [6.07, 6.45) is 0. The summed E-state index contributed by atoms with van der Waals surface area (Å²) in [6.45, 7) is 6.38. The highest BCUT2D eigenvalue weighted by Crippen LogP contribution is 2.27. The maximum Gasteiger partial charge on any atom is 0.285 e. The number of amides is 1. The summed E-state index contributed by atoms with van der Waals surface area (Å²) in [7, 11) is -2.05. The van der Waals surface area contributed by atoms with E-state index in [0.717, 1.165) is 0 Å². The molecule has 0 atom stereocenters. The van der Waals surface area contributed by atoms with Gasteiger partial charge in [-0.3, -0.25) is 4.79 Å². The van der Waals surface area contributed by atoms with Crippen LogP contribution in [0.15, 0.2) is 57.8 Å². The fourth-order valence-corrected chi connectivity index (χ4v) is 4.16. The number of anilines is 1. The van der Waals surface area contributed by atoms with Crippen molar-refractivity contribution in [2.75, 3.05) is 18.9 Å². The molecule has 0 radical (unpaired) electrons. The lowest BCUT2D eigenvalue weighted by molar-refractivity contribution is -0.116. The van der Waals surface area contributed by atoms with E-state index in [9.17, 15) is 13.2 Å². The van der Waals surface area contributed by atoms with Crippen molar-refractivity contribution in [3.05, 3.63) is 59.7 Å². The smallest absolute Gasteiger partial charge is 0.285 e. The van der Waals surface area contributed by atoms with Crippen LogP contribution in [-0.2, 0) is 20.2 Å². The maximum absolute atomic E-state index is 12.4. The monoisotopic (exact) mass is 385 g/mol. The third-order valence-electron chi connectivity index (χ3n) is 4.39. The van der Waals surface area contributed by atoms with Crippen molar-refractivity contribution >= 4 is 27.5 Å². The highest BCUT2D eigenvalue weighted by atomic mass is 32.2. The third kappa shape index (κ3) is 4.03. The number of hydrogen-bond donors (Lipinski definition) is 1. The summed E-state index contributed by atoms with van der Waals surface area (Å²) in [5.74, 6) is 0.0364. The second-order valence-electron chi connectivity index (χ2n) is 7.62. The van der Waals surface area contributed by atoms with Gasteiger partial charge in [0.2, 0.25) is 5.91 Å². The van der Waals surface area contributed by atoms with Gasteiger partial charge in [0.1, 0.15) is 4.90 Å². The molecule has 7 heteroatoms. The normalized spacial score (nSPS) is 15.0.